The van der Waals surface area contributed by atoms with Crippen LogP contribution in [0.5, 0.6) is 5.75 Å². The van der Waals surface area contributed by atoms with Crippen molar-refractivity contribution in [3.8, 4) is 5.75 Å². The Labute approximate surface area is 83.9 Å². The lowest BCUT2D eigenvalue weighted by Gasteiger charge is -2.11. The lowest BCUT2D eigenvalue weighted by Crippen LogP contribution is -2.16. The van der Waals surface area contributed by atoms with E-state index in [1.165, 1.54) is 0 Å². The molecule has 1 rings (SSSR count). The van der Waals surface area contributed by atoms with Crippen LogP contribution >= 0.6 is 0 Å². The van der Waals surface area contributed by atoms with Crippen molar-refractivity contribution in [2.24, 2.45) is 5.73 Å². The molecule has 0 aliphatic rings. The molecule has 0 aliphatic heterocycles. The SMILES string of the molecule is N[C@H](CO)c1c(F)ccc([N+](=O)[O-])c1O. The smallest absolute Gasteiger partial charge is 0.311 e. The van der Waals surface area contributed by atoms with Crippen LogP contribution < -0.4 is 5.73 Å². The predicted octanol–water partition coefficient (Wildman–Crippen LogP) is 0.432. The molecule has 0 saturated heterocycles. The lowest BCUT2D eigenvalue weighted by atomic mass is 10.1. The molecule has 4 N–H and O–H groups in total. The molecule has 0 aromatic heterocycles. The van der Waals surface area contributed by atoms with Crippen LogP contribution in [0.3, 0.4) is 0 Å². The molecule has 0 fully saturated rings. The summed E-state index contributed by atoms with van der Waals surface area (Å²) in [7, 11) is 0. The van der Waals surface area contributed by atoms with Gasteiger partial charge >= 0.3 is 5.69 Å². The first-order valence-electron chi connectivity index (χ1n) is 4.01. The molecular weight excluding hydrogens is 207 g/mol. The van der Waals surface area contributed by atoms with E-state index in [4.69, 9.17) is 10.8 Å². The molecule has 1 atom stereocenters. The number of hydrogen-bond acceptors (Lipinski definition) is 5. The van der Waals surface area contributed by atoms with E-state index in [1.807, 2.05) is 0 Å². The number of aromatic hydroxyl groups is 1. The van der Waals surface area contributed by atoms with Crippen molar-refractivity contribution < 1.29 is 19.5 Å². The Hall–Kier alpha value is -1.73. The molecule has 7 heteroatoms. The lowest BCUT2D eigenvalue weighted by molar-refractivity contribution is -0.386. The van der Waals surface area contributed by atoms with Crippen molar-refractivity contribution in [3.63, 3.8) is 0 Å². The summed E-state index contributed by atoms with van der Waals surface area (Å²) in [4.78, 5) is 9.56. The van der Waals surface area contributed by atoms with Gasteiger partial charge < -0.3 is 15.9 Å². The van der Waals surface area contributed by atoms with Crippen LogP contribution in [0.25, 0.3) is 0 Å². The molecule has 1 aromatic rings. The minimum atomic E-state index is -1.19. The van der Waals surface area contributed by atoms with Crippen LogP contribution in [0.1, 0.15) is 11.6 Å². The summed E-state index contributed by atoms with van der Waals surface area (Å²) in [6.07, 6.45) is 0. The summed E-state index contributed by atoms with van der Waals surface area (Å²) in [5.41, 5.74) is 4.20. The minimum Gasteiger partial charge on any atom is -0.502 e. The van der Waals surface area contributed by atoms with Gasteiger partial charge in [0.15, 0.2) is 0 Å². The number of halogens is 1. The maximum Gasteiger partial charge on any atom is 0.311 e. The van der Waals surface area contributed by atoms with Gasteiger partial charge in [-0.3, -0.25) is 10.1 Å². The van der Waals surface area contributed by atoms with Crippen LogP contribution in [-0.4, -0.2) is 21.7 Å². The molecule has 6 nitrogen and oxygen atoms in total. The number of aliphatic hydroxyl groups is 1. The third kappa shape index (κ3) is 2.03. The van der Waals surface area contributed by atoms with Crippen LogP contribution in [0.2, 0.25) is 0 Å². The molecule has 1 aromatic carbocycles. The average molecular weight is 216 g/mol. The minimum absolute atomic E-state index is 0.452. The third-order valence-corrected chi connectivity index (χ3v) is 1.91. The van der Waals surface area contributed by atoms with E-state index in [1.54, 1.807) is 0 Å². The second-order valence-corrected chi connectivity index (χ2v) is 2.87. The molecule has 82 valence electrons. The first kappa shape index (κ1) is 11.3. The second-order valence-electron chi connectivity index (χ2n) is 2.87. The zero-order valence-corrected chi connectivity index (χ0v) is 7.55. The van der Waals surface area contributed by atoms with E-state index in [2.05, 4.69) is 0 Å². The largest absolute Gasteiger partial charge is 0.502 e. The Morgan fingerprint density at radius 1 is 1.60 bits per heavy atom. The zero-order valence-electron chi connectivity index (χ0n) is 7.55. The molecule has 0 spiro atoms. The molecule has 0 heterocycles. The zero-order chi connectivity index (χ0) is 11.6. The highest BCUT2D eigenvalue weighted by molar-refractivity contribution is 5.52. The van der Waals surface area contributed by atoms with Crippen molar-refractivity contribution in [1.82, 2.24) is 0 Å². The highest BCUT2D eigenvalue weighted by atomic mass is 19.1. The van der Waals surface area contributed by atoms with E-state index in [-0.39, 0.29) is 0 Å². The van der Waals surface area contributed by atoms with Gasteiger partial charge in [-0.2, -0.15) is 0 Å². The van der Waals surface area contributed by atoms with Crippen LogP contribution in [0, 0.1) is 15.9 Å². The summed E-state index contributed by atoms with van der Waals surface area (Å²) in [6.45, 7) is -0.619. The third-order valence-electron chi connectivity index (χ3n) is 1.91. The first-order chi connectivity index (χ1) is 6.99. The van der Waals surface area contributed by atoms with E-state index in [0.29, 0.717) is 0 Å². The molecule has 0 amide bonds. The Bertz CT molecular complexity index is 396. The van der Waals surface area contributed by atoms with E-state index in [9.17, 15) is 19.6 Å². The Balaban J connectivity index is 3.36. The number of aliphatic hydroxyl groups excluding tert-OH is 1. The van der Waals surface area contributed by atoms with Crippen LogP contribution in [-0.2, 0) is 0 Å². The average Bonchev–Trinajstić information content (AvgIpc) is 2.16. The number of nitro groups is 1. The normalized spacial score (nSPS) is 12.5. The predicted molar refractivity (Wildman–Crippen MR) is 48.7 cm³/mol. The van der Waals surface area contributed by atoms with Gasteiger partial charge in [0.05, 0.1) is 23.1 Å². The number of hydrogen-bond donors (Lipinski definition) is 3. The molecule has 0 bridgehead atoms. The van der Waals surface area contributed by atoms with Gasteiger partial charge in [-0.25, -0.2) is 4.39 Å². The first-order valence-corrected chi connectivity index (χ1v) is 4.01. The van der Waals surface area contributed by atoms with Crippen molar-refractivity contribution >= 4 is 5.69 Å². The molecule has 0 saturated carbocycles. The van der Waals surface area contributed by atoms with Gasteiger partial charge in [0.1, 0.15) is 5.82 Å². The van der Waals surface area contributed by atoms with Crippen molar-refractivity contribution in [2.75, 3.05) is 6.61 Å². The summed E-state index contributed by atoms with van der Waals surface area (Å²) in [5, 5.41) is 28.5. The molecule has 0 unspecified atom stereocenters. The topological polar surface area (TPSA) is 110 Å². The number of nitrogens with zero attached hydrogens (tertiary/aromatic N) is 1. The second kappa shape index (κ2) is 4.20. The monoisotopic (exact) mass is 216 g/mol. The van der Waals surface area contributed by atoms with Crippen LogP contribution in [0.15, 0.2) is 12.1 Å². The van der Waals surface area contributed by atoms with Gasteiger partial charge in [0, 0.05) is 6.07 Å². The fourth-order valence-electron chi connectivity index (χ4n) is 1.16. The Morgan fingerprint density at radius 2 is 2.20 bits per heavy atom. The van der Waals surface area contributed by atoms with Gasteiger partial charge in [0.2, 0.25) is 5.75 Å². The number of nitro benzene ring substituents is 1. The number of phenols is 1. The highest BCUT2D eigenvalue weighted by Gasteiger charge is 2.24. The summed E-state index contributed by atoms with van der Waals surface area (Å²) in [6, 6.07) is 0.464. The standard InChI is InChI=1S/C8H9FN2O4/c9-4-1-2-6(11(14)15)8(13)7(4)5(10)3-12/h1-2,5,12-13H,3,10H2/t5-/m1/s1. The number of benzene rings is 1. The summed E-state index contributed by atoms with van der Waals surface area (Å²) < 4.78 is 13.2. The van der Waals surface area contributed by atoms with E-state index < -0.39 is 40.4 Å². The Kier molecular flexibility index (Phi) is 3.17. The van der Waals surface area contributed by atoms with E-state index in [0.717, 1.165) is 12.1 Å². The number of rotatable bonds is 3. The number of phenolic OH excluding ortho intramolecular Hbond substituents is 1. The number of nitrogens with two attached hydrogens (primary N) is 1. The molecule has 0 radical (unpaired) electrons. The van der Waals surface area contributed by atoms with Gasteiger partial charge in [-0.05, 0) is 6.07 Å². The van der Waals surface area contributed by atoms with Gasteiger partial charge in [-0.15, -0.1) is 0 Å². The summed E-state index contributed by atoms with van der Waals surface area (Å²) >= 11 is 0. The quantitative estimate of drug-likeness (QED) is 0.501. The highest BCUT2D eigenvalue weighted by Crippen LogP contribution is 2.34. The van der Waals surface area contributed by atoms with Crippen molar-refractivity contribution in [3.05, 3.63) is 33.6 Å². The van der Waals surface area contributed by atoms with E-state index >= 15 is 0 Å². The maximum absolute atomic E-state index is 13.2. The van der Waals surface area contributed by atoms with Gasteiger partial charge in [-0.1, -0.05) is 0 Å². The molecular formula is C8H9FN2O4. The Morgan fingerprint density at radius 3 is 2.67 bits per heavy atom. The summed E-state index contributed by atoms with van der Waals surface area (Å²) in [5.74, 6) is -1.73. The fourth-order valence-corrected chi connectivity index (χ4v) is 1.16. The van der Waals surface area contributed by atoms with Crippen molar-refractivity contribution in [2.45, 2.75) is 6.04 Å². The van der Waals surface area contributed by atoms with Crippen molar-refractivity contribution in [1.29, 1.82) is 0 Å². The van der Waals surface area contributed by atoms with Gasteiger partial charge in [0.25, 0.3) is 0 Å². The molecule has 0 aliphatic carbocycles. The fraction of sp³-hybridized carbons (Fsp3) is 0.250. The maximum atomic E-state index is 13.2. The van der Waals surface area contributed by atoms with Crippen LogP contribution in [0.4, 0.5) is 10.1 Å². The molecule has 15 heavy (non-hydrogen) atoms.